The minimum Gasteiger partial charge on any atom is -0.444 e. The van der Waals surface area contributed by atoms with E-state index in [1.54, 1.807) is 37.4 Å². The summed E-state index contributed by atoms with van der Waals surface area (Å²) in [4.78, 5) is 42.1. The molecule has 2 atom stereocenters. The molecule has 2 N–H and O–H groups in total. The molecule has 0 heterocycles. The molecule has 2 unspecified atom stereocenters. The lowest BCUT2D eigenvalue weighted by Crippen LogP contribution is -2.58. The van der Waals surface area contributed by atoms with Gasteiger partial charge < -0.3 is 20.3 Å². The first kappa shape index (κ1) is 30.2. The molecule has 0 radical (unpaired) electrons. The molecule has 0 aliphatic carbocycles. The van der Waals surface area contributed by atoms with Gasteiger partial charge in [-0.3, -0.25) is 9.59 Å². The van der Waals surface area contributed by atoms with Crippen molar-refractivity contribution in [1.82, 2.24) is 15.5 Å². The molecule has 0 bridgehead atoms. The standard InChI is InChI=1S/C29H41N3O4S/c1-28(2,3)32(26(34)23(18-19-37-7)31-27(35)36-29(4,5)6)24(22-16-12-9-13-17-22)25(33)30-20-21-14-10-8-11-15-21/h8-17,23-24H,18-20H2,1-7H3,(H,30,33)(H,31,35). The van der Waals surface area contributed by atoms with Crippen LogP contribution in [-0.4, -0.2) is 52.0 Å². The van der Waals surface area contributed by atoms with Gasteiger partial charge in [-0.1, -0.05) is 60.7 Å². The van der Waals surface area contributed by atoms with E-state index in [4.69, 9.17) is 4.74 Å². The molecule has 7 nitrogen and oxygen atoms in total. The Morgan fingerprint density at radius 1 is 0.919 bits per heavy atom. The molecule has 0 saturated carbocycles. The third-order valence-electron chi connectivity index (χ3n) is 5.49. The molecule has 202 valence electrons. The van der Waals surface area contributed by atoms with Gasteiger partial charge in [0.1, 0.15) is 17.7 Å². The van der Waals surface area contributed by atoms with Gasteiger partial charge in [0.05, 0.1) is 0 Å². The number of carbonyl (C=O) groups is 3. The zero-order chi connectivity index (χ0) is 27.6. The minimum absolute atomic E-state index is 0.292. The summed E-state index contributed by atoms with van der Waals surface area (Å²) < 4.78 is 5.44. The third kappa shape index (κ3) is 9.76. The topological polar surface area (TPSA) is 87.7 Å². The average molecular weight is 528 g/mol. The highest BCUT2D eigenvalue weighted by atomic mass is 32.2. The maximum Gasteiger partial charge on any atom is 0.408 e. The molecule has 8 heteroatoms. The maximum absolute atomic E-state index is 14.2. The smallest absolute Gasteiger partial charge is 0.408 e. The maximum atomic E-state index is 14.2. The molecule has 0 fully saturated rings. The van der Waals surface area contributed by atoms with Crippen molar-refractivity contribution in [3.05, 3.63) is 71.8 Å². The molecule has 0 spiro atoms. The first-order valence-electron chi connectivity index (χ1n) is 12.5. The summed E-state index contributed by atoms with van der Waals surface area (Å²) in [5.41, 5.74) is 0.220. The summed E-state index contributed by atoms with van der Waals surface area (Å²) in [6.07, 6.45) is 1.69. The van der Waals surface area contributed by atoms with E-state index in [1.807, 2.05) is 87.7 Å². The Morgan fingerprint density at radius 2 is 1.49 bits per heavy atom. The summed E-state index contributed by atoms with van der Waals surface area (Å²) in [6.45, 7) is 11.3. The van der Waals surface area contributed by atoms with Gasteiger partial charge in [0.2, 0.25) is 11.8 Å². The zero-order valence-electron chi connectivity index (χ0n) is 23.0. The van der Waals surface area contributed by atoms with Crippen LogP contribution in [-0.2, 0) is 20.9 Å². The lowest BCUT2D eigenvalue weighted by molar-refractivity contribution is -0.148. The van der Waals surface area contributed by atoms with Crippen molar-refractivity contribution in [2.75, 3.05) is 12.0 Å². The summed E-state index contributed by atoms with van der Waals surface area (Å²) in [5, 5.41) is 5.78. The summed E-state index contributed by atoms with van der Waals surface area (Å²) in [5.74, 6) is 0.0239. The third-order valence-corrected chi connectivity index (χ3v) is 6.14. The fraction of sp³-hybridized carbons (Fsp3) is 0.483. The van der Waals surface area contributed by atoms with E-state index in [0.29, 0.717) is 24.3 Å². The Balaban J connectivity index is 2.44. The number of hydrogen-bond acceptors (Lipinski definition) is 5. The Bertz CT molecular complexity index is 1020. The lowest BCUT2D eigenvalue weighted by Gasteiger charge is -2.43. The van der Waals surface area contributed by atoms with Crippen molar-refractivity contribution in [3.8, 4) is 0 Å². The normalized spacial score (nSPS) is 13.3. The van der Waals surface area contributed by atoms with E-state index in [2.05, 4.69) is 10.6 Å². The number of alkyl carbamates (subject to hydrolysis) is 1. The largest absolute Gasteiger partial charge is 0.444 e. The van der Waals surface area contributed by atoms with Crippen molar-refractivity contribution >= 4 is 29.7 Å². The number of nitrogens with one attached hydrogen (secondary N) is 2. The van der Waals surface area contributed by atoms with Gasteiger partial charge in [-0.2, -0.15) is 11.8 Å². The number of amides is 3. The number of hydrogen-bond donors (Lipinski definition) is 2. The van der Waals surface area contributed by atoms with E-state index in [-0.39, 0.29) is 11.8 Å². The number of nitrogens with zero attached hydrogens (tertiary/aromatic N) is 1. The molecule has 2 rings (SSSR count). The van der Waals surface area contributed by atoms with Gasteiger partial charge >= 0.3 is 6.09 Å². The van der Waals surface area contributed by atoms with Crippen LogP contribution in [0.2, 0.25) is 0 Å². The molecule has 3 amide bonds. The quantitative estimate of drug-likeness (QED) is 0.437. The molecule has 0 aliphatic rings. The van der Waals surface area contributed by atoms with Crippen LogP contribution in [0.15, 0.2) is 60.7 Å². The monoisotopic (exact) mass is 527 g/mol. The van der Waals surface area contributed by atoms with Gasteiger partial charge in [-0.05, 0) is 71.1 Å². The molecular formula is C29H41N3O4S. The first-order chi connectivity index (χ1) is 17.3. The Labute approximate surface area is 225 Å². The van der Waals surface area contributed by atoms with E-state index in [0.717, 1.165) is 5.56 Å². The van der Waals surface area contributed by atoms with E-state index in [9.17, 15) is 14.4 Å². The van der Waals surface area contributed by atoms with Crippen LogP contribution in [0.5, 0.6) is 0 Å². The van der Waals surface area contributed by atoms with Gasteiger partial charge in [-0.25, -0.2) is 4.79 Å². The van der Waals surface area contributed by atoms with Gasteiger partial charge in [0, 0.05) is 12.1 Å². The summed E-state index contributed by atoms with van der Waals surface area (Å²) in [7, 11) is 0. The zero-order valence-corrected chi connectivity index (χ0v) is 23.9. The number of thioether (sulfide) groups is 1. The van der Waals surface area contributed by atoms with E-state index < -0.39 is 29.3 Å². The van der Waals surface area contributed by atoms with Crippen LogP contribution < -0.4 is 10.6 Å². The van der Waals surface area contributed by atoms with Crippen molar-refractivity contribution in [2.24, 2.45) is 0 Å². The Kier molecular flexibility index (Phi) is 11.0. The number of carbonyl (C=O) groups excluding carboxylic acids is 3. The molecule has 0 aromatic heterocycles. The fourth-order valence-corrected chi connectivity index (χ4v) is 4.36. The van der Waals surface area contributed by atoms with Gasteiger partial charge in [0.15, 0.2) is 0 Å². The highest BCUT2D eigenvalue weighted by Crippen LogP contribution is 2.30. The molecular weight excluding hydrogens is 486 g/mol. The Hall–Kier alpha value is -3.00. The van der Waals surface area contributed by atoms with Crippen LogP contribution in [0.4, 0.5) is 4.79 Å². The molecule has 0 aliphatic heterocycles. The van der Waals surface area contributed by atoms with Crippen molar-refractivity contribution in [3.63, 3.8) is 0 Å². The first-order valence-corrected chi connectivity index (χ1v) is 13.9. The fourth-order valence-electron chi connectivity index (χ4n) is 3.89. The van der Waals surface area contributed by atoms with Crippen molar-refractivity contribution in [1.29, 1.82) is 0 Å². The molecule has 2 aromatic carbocycles. The second-order valence-corrected chi connectivity index (χ2v) is 11.9. The average Bonchev–Trinajstić information content (AvgIpc) is 2.82. The number of rotatable bonds is 10. The van der Waals surface area contributed by atoms with Crippen LogP contribution in [0, 0.1) is 0 Å². The molecule has 0 saturated heterocycles. The van der Waals surface area contributed by atoms with Crippen molar-refractivity contribution < 1.29 is 19.1 Å². The van der Waals surface area contributed by atoms with Crippen molar-refractivity contribution in [2.45, 2.75) is 77.7 Å². The lowest BCUT2D eigenvalue weighted by atomic mass is 9.95. The Morgan fingerprint density at radius 3 is 2.00 bits per heavy atom. The predicted molar refractivity (Wildman–Crippen MR) is 150 cm³/mol. The van der Waals surface area contributed by atoms with Crippen LogP contribution in [0.1, 0.15) is 65.1 Å². The SMILES string of the molecule is CSCCC(NC(=O)OC(C)(C)C)C(=O)N(C(C(=O)NCc1ccccc1)c1ccccc1)C(C)(C)C. The number of benzene rings is 2. The predicted octanol–water partition coefficient (Wildman–Crippen LogP) is 5.32. The van der Waals surface area contributed by atoms with E-state index >= 15 is 0 Å². The summed E-state index contributed by atoms with van der Waals surface area (Å²) >= 11 is 1.58. The van der Waals surface area contributed by atoms with Crippen LogP contribution in [0.25, 0.3) is 0 Å². The van der Waals surface area contributed by atoms with E-state index in [1.165, 1.54) is 0 Å². The van der Waals surface area contributed by atoms with Crippen LogP contribution >= 0.6 is 11.8 Å². The minimum atomic E-state index is -0.894. The second-order valence-electron chi connectivity index (χ2n) is 10.9. The highest BCUT2D eigenvalue weighted by molar-refractivity contribution is 7.98. The second kappa shape index (κ2) is 13.5. The van der Waals surface area contributed by atoms with Gasteiger partial charge in [0.25, 0.3) is 0 Å². The van der Waals surface area contributed by atoms with Crippen LogP contribution in [0.3, 0.4) is 0 Å². The number of ether oxygens (including phenoxy) is 1. The molecule has 2 aromatic rings. The highest BCUT2D eigenvalue weighted by Gasteiger charge is 2.41. The van der Waals surface area contributed by atoms with Gasteiger partial charge in [-0.15, -0.1) is 0 Å². The molecule has 37 heavy (non-hydrogen) atoms. The summed E-state index contributed by atoms with van der Waals surface area (Å²) in [6, 6.07) is 17.1.